The molecule has 2 fully saturated rings. The molecule has 0 saturated carbocycles. The van der Waals surface area contributed by atoms with Gasteiger partial charge in [-0.2, -0.15) is 0 Å². The smallest absolute Gasteiger partial charge is 0.211 e. The van der Waals surface area contributed by atoms with Crippen LogP contribution in [0.3, 0.4) is 0 Å². The van der Waals surface area contributed by atoms with Gasteiger partial charge >= 0.3 is 0 Å². The number of piperazine rings is 1. The molecule has 0 spiro atoms. The molecule has 2 aliphatic rings. The van der Waals surface area contributed by atoms with Crippen molar-refractivity contribution in [1.82, 2.24) is 9.21 Å². The van der Waals surface area contributed by atoms with Crippen LogP contribution in [0.2, 0.25) is 0 Å². The zero-order valence-corrected chi connectivity index (χ0v) is 15.0. The summed E-state index contributed by atoms with van der Waals surface area (Å²) in [5, 5.41) is 0. The molecule has 24 heavy (non-hydrogen) atoms. The van der Waals surface area contributed by atoms with E-state index in [1.165, 1.54) is 12.3 Å². The summed E-state index contributed by atoms with van der Waals surface area (Å²) >= 11 is 0. The molecule has 7 heteroatoms. The van der Waals surface area contributed by atoms with Crippen LogP contribution in [0, 0.1) is 11.7 Å². The van der Waals surface area contributed by atoms with Crippen LogP contribution in [0.4, 0.5) is 10.1 Å². The lowest BCUT2D eigenvalue weighted by atomic mass is 9.98. The van der Waals surface area contributed by atoms with Crippen molar-refractivity contribution >= 4 is 15.7 Å². The van der Waals surface area contributed by atoms with Crippen molar-refractivity contribution < 1.29 is 12.8 Å². The molecule has 0 aliphatic carbocycles. The molecular formula is C17H26FN3O2S. The molecule has 134 valence electrons. The second-order valence-corrected chi connectivity index (χ2v) is 8.85. The van der Waals surface area contributed by atoms with E-state index >= 15 is 0 Å². The molecule has 1 aromatic carbocycles. The molecule has 0 radical (unpaired) electrons. The molecule has 0 bridgehead atoms. The van der Waals surface area contributed by atoms with Crippen molar-refractivity contribution in [1.29, 1.82) is 0 Å². The van der Waals surface area contributed by atoms with E-state index < -0.39 is 10.0 Å². The molecule has 5 nitrogen and oxygen atoms in total. The zero-order chi connectivity index (χ0) is 17.2. The van der Waals surface area contributed by atoms with Gasteiger partial charge in [-0.25, -0.2) is 17.1 Å². The highest BCUT2D eigenvalue weighted by atomic mass is 32.2. The summed E-state index contributed by atoms with van der Waals surface area (Å²) in [6, 6.07) is 6.91. The fourth-order valence-corrected chi connectivity index (χ4v) is 4.66. The Bertz CT molecular complexity index is 660. The fraction of sp³-hybridized carbons (Fsp3) is 0.647. The summed E-state index contributed by atoms with van der Waals surface area (Å²) in [6.07, 6.45) is 3.31. The predicted octanol–water partition coefficient (Wildman–Crippen LogP) is 1.62. The first-order valence-corrected chi connectivity index (χ1v) is 10.5. The van der Waals surface area contributed by atoms with Crippen molar-refractivity contribution in [2.24, 2.45) is 5.92 Å². The first-order chi connectivity index (χ1) is 11.4. The van der Waals surface area contributed by atoms with Gasteiger partial charge in [0.1, 0.15) is 5.82 Å². The third kappa shape index (κ3) is 4.26. The van der Waals surface area contributed by atoms with E-state index in [9.17, 15) is 12.8 Å². The SMILES string of the molecule is CS(=O)(=O)N1CCC[C@H](CN2CCN(c3ccccc3F)CC2)C1. The number of hydrogen-bond acceptors (Lipinski definition) is 4. The average Bonchev–Trinajstić information content (AvgIpc) is 2.56. The summed E-state index contributed by atoms with van der Waals surface area (Å²) in [7, 11) is -3.08. The van der Waals surface area contributed by atoms with Crippen LogP contribution >= 0.6 is 0 Å². The van der Waals surface area contributed by atoms with Crippen molar-refractivity contribution in [2.75, 3.05) is 57.0 Å². The highest BCUT2D eigenvalue weighted by molar-refractivity contribution is 7.88. The second-order valence-electron chi connectivity index (χ2n) is 6.87. The van der Waals surface area contributed by atoms with Crippen molar-refractivity contribution in [3.8, 4) is 0 Å². The Kier molecular flexibility index (Phi) is 5.42. The number of benzene rings is 1. The Hall–Kier alpha value is -1.18. The van der Waals surface area contributed by atoms with Crippen LogP contribution in [0.15, 0.2) is 24.3 Å². The predicted molar refractivity (Wildman–Crippen MR) is 94.2 cm³/mol. The highest BCUT2D eigenvalue weighted by Gasteiger charge is 2.28. The number of hydrogen-bond donors (Lipinski definition) is 0. The van der Waals surface area contributed by atoms with Crippen molar-refractivity contribution in [2.45, 2.75) is 12.8 Å². The molecule has 0 N–H and O–H groups in total. The maximum Gasteiger partial charge on any atom is 0.211 e. The molecule has 0 amide bonds. The van der Waals surface area contributed by atoms with E-state index in [-0.39, 0.29) is 5.82 Å². The monoisotopic (exact) mass is 355 g/mol. The summed E-state index contributed by atoms with van der Waals surface area (Å²) in [4.78, 5) is 4.48. The molecular weight excluding hydrogens is 329 g/mol. The second kappa shape index (κ2) is 7.37. The van der Waals surface area contributed by atoms with Gasteiger partial charge in [-0.15, -0.1) is 0 Å². The first kappa shape index (κ1) is 17.6. The number of halogens is 1. The van der Waals surface area contributed by atoms with Crippen molar-refractivity contribution in [3.05, 3.63) is 30.1 Å². The van der Waals surface area contributed by atoms with Gasteiger partial charge in [-0.3, -0.25) is 4.90 Å². The van der Waals surface area contributed by atoms with E-state index in [2.05, 4.69) is 9.80 Å². The Morgan fingerprint density at radius 3 is 2.50 bits per heavy atom. The lowest BCUT2D eigenvalue weighted by Gasteiger charge is -2.39. The molecule has 1 atom stereocenters. The van der Waals surface area contributed by atoms with Crippen molar-refractivity contribution in [3.63, 3.8) is 0 Å². The van der Waals surface area contributed by atoms with Gasteiger partial charge in [0.25, 0.3) is 0 Å². The molecule has 0 aromatic heterocycles. The van der Waals surface area contributed by atoms with Gasteiger partial charge in [-0.05, 0) is 30.9 Å². The summed E-state index contributed by atoms with van der Waals surface area (Å²) in [5.74, 6) is 0.232. The van der Waals surface area contributed by atoms with Gasteiger partial charge in [0.15, 0.2) is 0 Å². The number of nitrogens with zero attached hydrogens (tertiary/aromatic N) is 3. The van der Waals surface area contributed by atoms with E-state index in [1.807, 2.05) is 12.1 Å². The Morgan fingerprint density at radius 2 is 1.83 bits per heavy atom. The normalized spacial score (nSPS) is 24.2. The standard InChI is InChI=1S/C17H26FN3O2S/c1-24(22,23)21-8-4-5-15(14-21)13-19-9-11-20(12-10-19)17-7-3-2-6-16(17)18/h2-3,6-7,15H,4-5,8-14H2,1H3/t15-/m1/s1. The fourth-order valence-electron chi connectivity index (χ4n) is 3.72. The van der Waals surface area contributed by atoms with Gasteiger partial charge in [0.2, 0.25) is 10.0 Å². The van der Waals surface area contributed by atoms with E-state index in [0.717, 1.165) is 45.6 Å². The van der Waals surface area contributed by atoms with Crippen LogP contribution in [-0.4, -0.2) is 69.7 Å². The van der Waals surface area contributed by atoms with Crippen LogP contribution in [0.25, 0.3) is 0 Å². The Balaban J connectivity index is 1.51. The van der Waals surface area contributed by atoms with E-state index in [1.54, 1.807) is 10.4 Å². The maximum atomic E-state index is 13.9. The van der Waals surface area contributed by atoms with Crippen LogP contribution in [0.1, 0.15) is 12.8 Å². The Labute approximate surface area is 144 Å². The maximum absolute atomic E-state index is 13.9. The van der Waals surface area contributed by atoms with E-state index in [0.29, 0.717) is 24.7 Å². The van der Waals surface area contributed by atoms with E-state index in [4.69, 9.17) is 0 Å². The number of piperidine rings is 1. The number of anilines is 1. The molecule has 2 heterocycles. The Morgan fingerprint density at radius 1 is 1.12 bits per heavy atom. The lowest BCUT2D eigenvalue weighted by Crippen LogP contribution is -2.50. The number of rotatable bonds is 4. The van der Waals surface area contributed by atoms with Gasteiger partial charge < -0.3 is 4.90 Å². The van der Waals surface area contributed by atoms with Crippen LogP contribution < -0.4 is 4.90 Å². The summed E-state index contributed by atoms with van der Waals surface area (Å²) in [6.45, 7) is 5.61. The third-order valence-electron chi connectivity index (χ3n) is 5.03. The van der Waals surface area contributed by atoms with Gasteiger partial charge in [-0.1, -0.05) is 12.1 Å². The first-order valence-electron chi connectivity index (χ1n) is 8.60. The van der Waals surface area contributed by atoms with Gasteiger partial charge in [0.05, 0.1) is 11.9 Å². The average molecular weight is 355 g/mol. The van der Waals surface area contributed by atoms with Gasteiger partial charge in [0, 0.05) is 45.8 Å². The minimum absolute atomic E-state index is 0.165. The number of sulfonamides is 1. The molecule has 2 aliphatic heterocycles. The van der Waals surface area contributed by atoms with Crippen LogP contribution in [-0.2, 0) is 10.0 Å². The summed E-state index contributed by atoms with van der Waals surface area (Å²) in [5.41, 5.74) is 0.679. The minimum Gasteiger partial charge on any atom is -0.367 e. The zero-order valence-electron chi connectivity index (χ0n) is 14.2. The highest BCUT2D eigenvalue weighted by Crippen LogP contribution is 2.23. The van der Waals surface area contributed by atoms with Crippen LogP contribution in [0.5, 0.6) is 0 Å². The topological polar surface area (TPSA) is 43.9 Å². The lowest BCUT2D eigenvalue weighted by molar-refractivity contribution is 0.172. The minimum atomic E-state index is -3.08. The molecule has 3 rings (SSSR count). The quantitative estimate of drug-likeness (QED) is 0.823. The number of para-hydroxylation sites is 1. The summed E-state index contributed by atoms with van der Waals surface area (Å²) < 4.78 is 38.9. The molecule has 0 unspecified atom stereocenters. The molecule has 2 saturated heterocycles. The molecule has 1 aromatic rings. The third-order valence-corrected chi connectivity index (χ3v) is 6.30. The largest absolute Gasteiger partial charge is 0.367 e.